The SMILES string of the molecule is COCc1nc(NCC2(N(C)C)CCCCC2)cc(C2CC(N)C2)n1. The Morgan fingerprint density at radius 1 is 1.24 bits per heavy atom. The number of rotatable bonds is 7. The predicted octanol–water partition coefficient (Wildman–Crippen LogP) is 2.50. The fourth-order valence-electron chi connectivity index (χ4n) is 4.16. The highest BCUT2D eigenvalue weighted by Gasteiger charge is 2.34. The number of hydrogen-bond acceptors (Lipinski definition) is 6. The van der Waals surface area contributed by atoms with Crippen molar-refractivity contribution in [2.24, 2.45) is 5.73 Å². The van der Waals surface area contributed by atoms with Gasteiger partial charge in [0.1, 0.15) is 12.4 Å². The van der Waals surface area contributed by atoms with E-state index in [1.165, 1.54) is 32.1 Å². The van der Waals surface area contributed by atoms with E-state index in [1.54, 1.807) is 7.11 Å². The van der Waals surface area contributed by atoms with Gasteiger partial charge in [0.15, 0.2) is 5.82 Å². The molecule has 0 saturated heterocycles. The zero-order valence-electron chi connectivity index (χ0n) is 15.9. The molecule has 0 unspecified atom stereocenters. The molecule has 3 N–H and O–H groups in total. The van der Waals surface area contributed by atoms with Crippen molar-refractivity contribution < 1.29 is 4.74 Å². The predicted molar refractivity (Wildman–Crippen MR) is 101 cm³/mol. The Labute approximate surface area is 151 Å². The van der Waals surface area contributed by atoms with E-state index < -0.39 is 0 Å². The highest BCUT2D eigenvalue weighted by Crippen LogP contribution is 2.36. The van der Waals surface area contributed by atoms with Crippen LogP contribution in [0, 0.1) is 0 Å². The Balaban J connectivity index is 1.74. The number of likely N-dealkylation sites (N-methyl/N-ethyl adjacent to an activating group) is 1. The van der Waals surface area contributed by atoms with E-state index in [1.807, 2.05) is 0 Å². The summed E-state index contributed by atoms with van der Waals surface area (Å²) in [4.78, 5) is 11.7. The summed E-state index contributed by atoms with van der Waals surface area (Å²) < 4.78 is 5.26. The summed E-state index contributed by atoms with van der Waals surface area (Å²) in [6.07, 6.45) is 8.50. The normalized spacial score (nSPS) is 25.6. The van der Waals surface area contributed by atoms with Gasteiger partial charge < -0.3 is 20.7 Å². The molecule has 0 bridgehead atoms. The van der Waals surface area contributed by atoms with Crippen LogP contribution in [0.25, 0.3) is 0 Å². The fraction of sp³-hybridized carbons (Fsp3) is 0.789. The van der Waals surface area contributed by atoms with Gasteiger partial charge in [-0.3, -0.25) is 0 Å². The quantitative estimate of drug-likeness (QED) is 0.789. The van der Waals surface area contributed by atoms with E-state index in [-0.39, 0.29) is 5.54 Å². The first-order chi connectivity index (χ1) is 12.0. The molecular formula is C19H33N5O. The lowest BCUT2D eigenvalue weighted by Gasteiger charge is -2.43. The summed E-state index contributed by atoms with van der Waals surface area (Å²) in [5.74, 6) is 2.14. The van der Waals surface area contributed by atoms with Crippen LogP contribution < -0.4 is 11.1 Å². The number of methoxy groups -OCH3 is 1. The summed E-state index contributed by atoms with van der Waals surface area (Å²) in [7, 11) is 6.08. The van der Waals surface area contributed by atoms with Crippen molar-refractivity contribution in [1.29, 1.82) is 0 Å². The number of nitrogens with two attached hydrogens (primary N) is 1. The molecule has 2 fully saturated rings. The number of nitrogens with one attached hydrogen (secondary N) is 1. The minimum atomic E-state index is 0.226. The molecule has 1 heterocycles. The van der Waals surface area contributed by atoms with Crippen LogP contribution in [0.4, 0.5) is 5.82 Å². The van der Waals surface area contributed by atoms with Gasteiger partial charge >= 0.3 is 0 Å². The van der Waals surface area contributed by atoms with E-state index in [2.05, 4.69) is 40.3 Å². The van der Waals surface area contributed by atoms with Gasteiger partial charge in [-0.2, -0.15) is 0 Å². The van der Waals surface area contributed by atoms with Crippen molar-refractivity contribution >= 4 is 5.82 Å². The van der Waals surface area contributed by atoms with Gasteiger partial charge in [-0.25, -0.2) is 9.97 Å². The second-order valence-electron chi connectivity index (χ2n) is 7.99. The van der Waals surface area contributed by atoms with Crippen molar-refractivity contribution in [2.45, 2.75) is 69.1 Å². The average Bonchev–Trinajstić information content (AvgIpc) is 2.58. The topological polar surface area (TPSA) is 76.3 Å². The Morgan fingerprint density at radius 2 is 1.96 bits per heavy atom. The minimum Gasteiger partial charge on any atom is -0.377 e. The van der Waals surface area contributed by atoms with Crippen LogP contribution in [-0.2, 0) is 11.3 Å². The van der Waals surface area contributed by atoms with Crippen molar-refractivity contribution in [3.8, 4) is 0 Å². The van der Waals surface area contributed by atoms with E-state index in [0.717, 1.165) is 36.7 Å². The summed E-state index contributed by atoms with van der Waals surface area (Å²) in [5.41, 5.74) is 7.29. The van der Waals surface area contributed by atoms with E-state index in [9.17, 15) is 0 Å². The minimum absolute atomic E-state index is 0.226. The third kappa shape index (κ3) is 4.30. The molecule has 0 radical (unpaired) electrons. The summed E-state index contributed by atoms with van der Waals surface area (Å²) in [6, 6.07) is 2.43. The van der Waals surface area contributed by atoms with Gasteiger partial charge in [0.2, 0.25) is 0 Å². The molecule has 0 aromatic carbocycles. The first-order valence-electron chi connectivity index (χ1n) is 9.56. The number of aromatic nitrogens is 2. The van der Waals surface area contributed by atoms with Gasteiger partial charge in [0.25, 0.3) is 0 Å². The Bertz CT molecular complexity index is 565. The second-order valence-corrected chi connectivity index (χ2v) is 7.99. The van der Waals surface area contributed by atoms with Crippen LogP contribution >= 0.6 is 0 Å². The van der Waals surface area contributed by atoms with Gasteiger partial charge in [-0.05, 0) is 39.8 Å². The molecule has 25 heavy (non-hydrogen) atoms. The monoisotopic (exact) mass is 347 g/mol. The average molecular weight is 348 g/mol. The van der Waals surface area contributed by atoms with Crippen molar-refractivity contribution in [2.75, 3.05) is 33.1 Å². The summed E-state index contributed by atoms with van der Waals surface area (Å²) >= 11 is 0. The maximum absolute atomic E-state index is 5.96. The molecular weight excluding hydrogens is 314 g/mol. The van der Waals surface area contributed by atoms with Gasteiger partial charge in [-0.15, -0.1) is 0 Å². The van der Waals surface area contributed by atoms with Gasteiger partial charge in [0, 0.05) is 42.9 Å². The van der Waals surface area contributed by atoms with Crippen LogP contribution in [0.1, 0.15) is 62.4 Å². The number of nitrogens with zero attached hydrogens (tertiary/aromatic N) is 3. The Kier molecular flexibility index (Phi) is 5.92. The first-order valence-corrected chi connectivity index (χ1v) is 9.56. The molecule has 1 aromatic rings. The van der Waals surface area contributed by atoms with E-state index in [0.29, 0.717) is 18.6 Å². The summed E-state index contributed by atoms with van der Waals surface area (Å²) in [5, 5.41) is 3.61. The molecule has 6 heteroatoms. The molecule has 0 atom stereocenters. The lowest BCUT2D eigenvalue weighted by atomic mass is 9.78. The zero-order chi connectivity index (χ0) is 17.9. The molecule has 0 aliphatic heterocycles. The molecule has 6 nitrogen and oxygen atoms in total. The van der Waals surface area contributed by atoms with Crippen molar-refractivity contribution in [3.05, 3.63) is 17.6 Å². The van der Waals surface area contributed by atoms with E-state index in [4.69, 9.17) is 10.5 Å². The fourth-order valence-corrected chi connectivity index (χ4v) is 4.16. The molecule has 1 aromatic heterocycles. The highest BCUT2D eigenvalue weighted by atomic mass is 16.5. The summed E-state index contributed by atoms with van der Waals surface area (Å²) in [6.45, 7) is 1.37. The van der Waals surface area contributed by atoms with E-state index >= 15 is 0 Å². The molecule has 2 aliphatic rings. The van der Waals surface area contributed by atoms with Crippen molar-refractivity contribution in [1.82, 2.24) is 14.9 Å². The lowest BCUT2D eigenvalue weighted by molar-refractivity contribution is 0.113. The number of ether oxygens (including phenoxy) is 1. The first kappa shape index (κ1) is 18.5. The molecule has 0 amide bonds. The third-order valence-corrected chi connectivity index (χ3v) is 5.99. The zero-order valence-corrected chi connectivity index (χ0v) is 15.9. The molecule has 140 valence electrons. The lowest BCUT2D eigenvalue weighted by Crippen LogP contribution is -2.51. The molecule has 2 aliphatic carbocycles. The maximum Gasteiger partial charge on any atom is 0.156 e. The second kappa shape index (κ2) is 7.98. The molecule has 2 saturated carbocycles. The van der Waals surface area contributed by atoms with Crippen molar-refractivity contribution in [3.63, 3.8) is 0 Å². The van der Waals surface area contributed by atoms with Crippen LogP contribution in [0.2, 0.25) is 0 Å². The van der Waals surface area contributed by atoms with Gasteiger partial charge in [-0.1, -0.05) is 19.3 Å². The smallest absolute Gasteiger partial charge is 0.156 e. The van der Waals surface area contributed by atoms with Gasteiger partial charge in [0.05, 0.1) is 0 Å². The number of hydrogen-bond donors (Lipinski definition) is 2. The largest absolute Gasteiger partial charge is 0.377 e. The highest BCUT2D eigenvalue weighted by molar-refractivity contribution is 5.38. The standard InChI is InChI=1S/C19H33N5O/c1-24(2)19(7-5-4-6-8-19)13-21-17-11-16(14-9-15(20)10-14)22-18(23-17)12-25-3/h11,14-15H,4-10,12-13,20H2,1-3H3,(H,21,22,23). The Hall–Kier alpha value is -1.24. The Morgan fingerprint density at radius 3 is 2.56 bits per heavy atom. The van der Waals surface area contributed by atoms with Crippen LogP contribution in [0.15, 0.2) is 6.07 Å². The van der Waals surface area contributed by atoms with Crippen LogP contribution in [-0.4, -0.2) is 54.2 Å². The van der Waals surface area contributed by atoms with Crippen LogP contribution in [0.3, 0.4) is 0 Å². The molecule has 3 rings (SSSR count). The third-order valence-electron chi connectivity index (χ3n) is 5.99. The molecule has 0 spiro atoms. The van der Waals surface area contributed by atoms with Crippen LogP contribution in [0.5, 0.6) is 0 Å². The maximum atomic E-state index is 5.96. The number of anilines is 1.